The lowest BCUT2D eigenvalue weighted by molar-refractivity contribution is -0.147. The maximum Gasteiger partial charge on any atom is 0.307 e. The van der Waals surface area contributed by atoms with Crippen molar-refractivity contribution in [3.63, 3.8) is 0 Å². The number of rotatable bonds is 3. The molecule has 2 N–H and O–H groups in total. The van der Waals surface area contributed by atoms with E-state index in [1.54, 1.807) is 0 Å². The molecule has 108 valence electrons. The molecule has 20 heavy (non-hydrogen) atoms. The number of aliphatic carboxylic acids is 1. The Morgan fingerprint density at radius 2 is 1.90 bits per heavy atom. The van der Waals surface area contributed by atoms with Gasteiger partial charge < -0.3 is 10.4 Å². The molecule has 1 aromatic carbocycles. The molecule has 1 saturated carbocycles. The minimum atomic E-state index is -0.971. The van der Waals surface area contributed by atoms with Gasteiger partial charge in [0.1, 0.15) is 5.82 Å². The predicted molar refractivity (Wildman–Crippen MR) is 73.1 cm³/mol. The normalized spacial score (nSPS) is 22.3. The van der Waals surface area contributed by atoms with Gasteiger partial charge in [-0.25, -0.2) is 4.39 Å². The van der Waals surface area contributed by atoms with E-state index in [1.807, 2.05) is 0 Å². The molecule has 1 aliphatic rings. The van der Waals surface area contributed by atoms with Crippen molar-refractivity contribution in [1.29, 1.82) is 0 Å². The minimum Gasteiger partial charge on any atom is -0.481 e. The van der Waals surface area contributed by atoms with Gasteiger partial charge in [-0.05, 0) is 31.0 Å². The molecule has 1 aliphatic carbocycles. The number of anilines is 1. The average Bonchev–Trinajstić information content (AvgIpc) is 2.41. The maximum absolute atomic E-state index is 13.6. The largest absolute Gasteiger partial charge is 0.481 e. The zero-order chi connectivity index (χ0) is 14.7. The van der Waals surface area contributed by atoms with Gasteiger partial charge in [0.05, 0.1) is 17.5 Å². The van der Waals surface area contributed by atoms with Crippen LogP contribution in [0.25, 0.3) is 0 Å². The van der Waals surface area contributed by atoms with E-state index in [0.717, 1.165) is 18.9 Å². The summed E-state index contributed by atoms with van der Waals surface area (Å²) in [6.07, 6.45) is 2.61. The first-order chi connectivity index (χ1) is 9.49. The van der Waals surface area contributed by atoms with E-state index < -0.39 is 29.5 Å². The molecule has 0 heterocycles. The summed E-state index contributed by atoms with van der Waals surface area (Å²) in [7, 11) is 0. The van der Waals surface area contributed by atoms with E-state index in [4.69, 9.17) is 16.7 Å². The zero-order valence-electron chi connectivity index (χ0n) is 10.7. The van der Waals surface area contributed by atoms with Gasteiger partial charge in [-0.2, -0.15) is 0 Å². The molecule has 0 radical (unpaired) electrons. The Labute approximate surface area is 120 Å². The van der Waals surface area contributed by atoms with E-state index in [-0.39, 0.29) is 10.7 Å². The number of carboxylic acids is 1. The Kier molecular flexibility index (Phi) is 4.60. The fourth-order valence-corrected chi connectivity index (χ4v) is 2.72. The third-order valence-corrected chi connectivity index (χ3v) is 3.84. The lowest BCUT2D eigenvalue weighted by Gasteiger charge is -2.27. The summed E-state index contributed by atoms with van der Waals surface area (Å²) in [5.41, 5.74) is 0.0223. The van der Waals surface area contributed by atoms with Crippen LogP contribution in [0.3, 0.4) is 0 Å². The van der Waals surface area contributed by atoms with Crippen LogP contribution in [0.2, 0.25) is 5.02 Å². The van der Waals surface area contributed by atoms with Gasteiger partial charge in [-0.15, -0.1) is 0 Å². The SMILES string of the molecule is O=C(O)[C@@H]1CCCC[C@H]1C(=O)Nc1ccc(Cl)cc1F. The summed E-state index contributed by atoms with van der Waals surface area (Å²) in [4.78, 5) is 23.3. The predicted octanol–water partition coefficient (Wildman–Crippen LogP) is 3.31. The summed E-state index contributed by atoms with van der Waals surface area (Å²) in [5, 5.41) is 11.8. The molecule has 1 fully saturated rings. The molecule has 1 amide bonds. The molecule has 0 bridgehead atoms. The summed E-state index contributed by atoms with van der Waals surface area (Å²) in [6, 6.07) is 3.94. The van der Waals surface area contributed by atoms with Crippen LogP contribution >= 0.6 is 11.6 Å². The molecule has 4 nitrogen and oxygen atoms in total. The third-order valence-electron chi connectivity index (χ3n) is 3.61. The van der Waals surface area contributed by atoms with Crippen LogP contribution in [-0.2, 0) is 9.59 Å². The highest BCUT2D eigenvalue weighted by Crippen LogP contribution is 2.31. The lowest BCUT2D eigenvalue weighted by Crippen LogP contribution is -2.36. The zero-order valence-corrected chi connectivity index (χ0v) is 11.5. The van der Waals surface area contributed by atoms with Crippen molar-refractivity contribution in [2.24, 2.45) is 11.8 Å². The number of halogens is 2. The van der Waals surface area contributed by atoms with Crippen LogP contribution in [0.5, 0.6) is 0 Å². The molecule has 6 heteroatoms. The number of benzene rings is 1. The monoisotopic (exact) mass is 299 g/mol. The highest BCUT2D eigenvalue weighted by molar-refractivity contribution is 6.30. The Hall–Kier alpha value is -1.62. The maximum atomic E-state index is 13.6. The van der Waals surface area contributed by atoms with Crippen molar-refractivity contribution in [3.8, 4) is 0 Å². The number of carboxylic acid groups (broad SMARTS) is 1. The Balaban J connectivity index is 2.12. The third kappa shape index (κ3) is 3.28. The standard InChI is InChI=1S/C14H15ClFNO3/c15-8-5-6-12(11(16)7-8)17-13(18)9-3-1-2-4-10(9)14(19)20/h5-7,9-10H,1-4H2,(H,17,18)(H,19,20)/t9-,10-/m1/s1. The van der Waals surface area contributed by atoms with Gasteiger partial charge in [0.25, 0.3) is 0 Å². The van der Waals surface area contributed by atoms with Crippen LogP contribution in [0.15, 0.2) is 18.2 Å². The molecule has 2 rings (SSSR count). The average molecular weight is 300 g/mol. The summed E-state index contributed by atoms with van der Waals surface area (Å²) in [5.74, 6) is -3.36. The molecule has 1 aromatic rings. The number of hydrogen-bond donors (Lipinski definition) is 2. The van der Waals surface area contributed by atoms with Crippen LogP contribution < -0.4 is 5.32 Å². The second-order valence-corrected chi connectivity index (χ2v) is 5.39. The topological polar surface area (TPSA) is 66.4 Å². The van der Waals surface area contributed by atoms with Crippen molar-refractivity contribution >= 4 is 29.2 Å². The van der Waals surface area contributed by atoms with E-state index >= 15 is 0 Å². The number of carbonyl (C=O) groups is 2. The van der Waals surface area contributed by atoms with Crippen LogP contribution in [0.1, 0.15) is 25.7 Å². The second kappa shape index (κ2) is 6.22. The number of nitrogens with one attached hydrogen (secondary N) is 1. The van der Waals surface area contributed by atoms with Crippen molar-refractivity contribution in [2.75, 3.05) is 5.32 Å². The Morgan fingerprint density at radius 1 is 1.25 bits per heavy atom. The molecular weight excluding hydrogens is 285 g/mol. The summed E-state index contributed by atoms with van der Waals surface area (Å²) < 4.78 is 13.6. The van der Waals surface area contributed by atoms with E-state index in [0.29, 0.717) is 12.8 Å². The number of carbonyl (C=O) groups excluding carboxylic acids is 1. The van der Waals surface area contributed by atoms with Gasteiger partial charge in [0.15, 0.2) is 0 Å². The molecule has 0 aromatic heterocycles. The first-order valence-corrected chi connectivity index (χ1v) is 6.85. The van der Waals surface area contributed by atoms with Gasteiger partial charge in [0, 0.05) is 5.02 Å². The van der Waals surface area contributed by atoms with Crippen molar-refractivity contribution in [2.45, 2.75) is 25.7 Å². The quantitative estimate of drug-likeness (QED) is 0.900. The highest BCUT2D eigenvalue weighted by atomic mass is 35.5. The van der Waals surface area contributed by atoms with Crippen LogP contribution in [0.4, 0.5) is 10.1 Å². The van der Waals surface area contributed by atoms with Crippen molar-refractivity contribution in [1.82, 2.24) is 0 Å². The van der Waals surface area contributed by atoms with E-state index in [9.17, 15) is 14.0 Å². The van der Waals surface area contributed by atoms with Gasteiger partial charge in [-0.1, -0.05) is 24.4 Å². The van der Waals surface area contributed by atoms with Crippen LogP contribution in [-0.4, -0.2) is 17.0 Å². The molecular formula is C14H15ClFNO3. The van der Waals surface area contributed by atoms with Gasteiger partial charge >= 0.3 is 5.97 Å². The first kappa shape index (κ1) is 14.8. The van der Waals surface area contributed by atoms with Gasteiger partial charge in [-0.3, -0.25) is 9.59 Å². The molecule has 2 atom stereocenters. The lowest BCUT2D eigenvalue weighted by atomic mass is 9.78. The Morgan fingerprint density at radius 3 is 2.50 bits per heavy atom. The highest BCUT2D eigenvalue weighted by Gasteiger charge is 2.35. The minimum absolute atomic E-state index is 0.0223. The smallest absolute Gasteiger partial charge is 0.307 e. The van der Waals surface area contributed by atoms with Crippen molar-refractivity contribution < 1.29 is 19.1 Å². The van der Waals surface area contributed by atoms with E-state index in [1.165, 1.54) is 12.1 Å². The first-order valence-electron chi connectivity index (χ1n) is 6.48. The summed E-state index contributed by atoms with van der Waals surface area (Å²) in [6.45, 7) is 0. The molecule has 0 spiro atoms. The number of hydrogen-bond acceptors (Lipinski definition) is 2. The van der Waals surface area contributed by atoms with Crippen molar-refractivity contribution in [3.05, 3.63) is 29.0 Å². The molecule has 0 saturated heterocycles. The summed E-state index contributed by atoms with van der Waals surface area (Å²) >= 11 is 5.64. The van der Waals surface area contributed by atoms with Gasteiger partial charge in [0.2, 0.25) is 5.91 Å². The number of amides is 1. The van der Waals surface area contributed by atoms with Crippen LogP contribution in [0, 0.1) is 17.7 Å². The van der Waals surface area contributed by atoms with E-state index in [2.05, 4.69) is 5.32 Å². The molecule has 0 unspecified atom stereocenters. The fraction of sp³-hybridized carbons (Fsp3) is 0.429. The second-order valence-electron chi connectivity index (χ2n) is 4.95. The molecule has 0 aliphatic heterocycles. The fourth-order valence-electron chi connectivity index (χ4n) is 2.56. The Bertz CT molecular complexity index is 535.